The topological polar surface area (TPSA) is 20.3 Å². The average molecular weight is 365 g/mol. The van der Waals surface area contributed by atoms with Crippen LogP contribution < -0.4 is 0 Å². The number of ketones is 1. The number of carbonyl (C=O) groups excluding carboxylic acids is 1. The molecule has 0 amide bonds. The zero-order valence-corrected chi connectivity index (χ0v) is 16.0. The molecule has 0 radical (unpaired) electrons. The Morgan fingerprint density at radius 2 is 1.78 bits per heavy atom. The summed E-state index contributed by atoms with van der Waals surface area (Å²) in [5, 5.41) is 0. The van der Waals surface area contributed by atoms with Crippen molar-refractivity contribution in [3.8, 4) is 0 Å². The smallest absolute Gasteiger partial charge is 0.145 e. The Morgan fingerprint density at radius 1 is 1.04 bits per heavy atom. The average Bonchev–Trinajstić information content (AvgIpc) is 3.20. The van der Waals surface area contributed by atoms with Crippen molar-refractivity contribution in [3.05, 3.63) is 71.5 Å². The standard InChI is InChI=1S/C24H28FNO/c1-2-3-9-20-21-15-26(14-17-7-5-4-6-8-17)16-22(21)24(27)23(20)18-10-12-19(25)13-11-18/h4-8,10-13,20-23H,2-3,9,14-16H2,1H3. The van der Waals surface area contributed by atoms with Gasteiger partial charge in [-0.1, -0.05) is 62.2 Å². The number of rotatable bonds is 6. The van der Waals surface area contributed by atoms with Crippen LogP contribution in [0.4, 0.5) is 4.39 Å². The number of nitrogens with zero attached hydrogens (tertiary/aromatic N) is 1. The molecule has 2 nitrogen and oxygen atoms in total. The molecule has 4 unspecified atom stereocenters. The Bertz CT molecular complexity index is 773. The Hall–Kier alpha value is -2.00. The van der Waals surface area contributed by atoms with E-state index in [0.29, 0.717) is 17.6 Å². The third-order valence-corrected chi connectivity index (χ3v) is 6.46. The van der Waals surface area contributed by atoms with Gasteiger partial charge in [0.25, 0.3) is 0 Å². The summed E-state index contributed by atoms with van der Waals surface area (Å²) >= 11 is 0. The lowest BCUT2D eigenvalue weighted by molar-refractivity contribution is -0.122. The van der Waals surface area contributed by atoms with E-state index in [0.717, 1.165) is 44.5 Å². The molecule has 4 rings (SSSR count). The van der Waals surface area contributed by atoms with Crippen molar-refractivity contribution in [2.45, 2.75) is 38.6 Å². The molecule has 1 saturated heterocycles. The fraction of sp³-hybridized carbons (Fsp3) is 0.458. The number of hydrogen-bond acceptors (Lipinski definition) is 2. The summed E-state index contributed by atoms with van der Waals surface area (Å²) in [6.07, 6.45) is 3.38. The van der Waals surface area contributed by atoms with Gasteiger partial charge in [-0.15, -0.1) is 0 Å². The van der Waals surface area contributed by atoms with E-state index in [1.54, 1.807) is 0 Å². The molecule has 142 valence electrons. The summed E-state index contributed by atoms with van der Waals surface area (Å²) < 4.78 is 13.4. The lowest BCUT2D eigenvalue weighted by Gasteiger charge is -2.25. The normalized spacial score (nSPS) is 27.9. The molecule has 27 heavy (non-hydrogen) atoms. The van der Waals surface area contributed by atoms with Crippen LogP contribution in [0.3, 0.4) is 0 Å². The van der Waals surface area contributed by atoms with Gasteiger partial charge in [0.2, 0.25) is 0 Å². The van der Waals surface area contributed by atoms with Crippen LogP contribution in [-0.4, -0.2) is 23.8 Å². The van der Waals surface area contributed by atoms with Crippen molar-refractivity contribution in [2.75, 3.05) is 13.1 Å². The minimum absolute atomic E-state index is 0.0500. The van der Waals surface area contributed by atoms with Crippen LogP contribution in [0, 0.1) is 23.6 Å². The van der Waals surface area contributed by atoms with E-state index in [1.165, 1.54) is 17.7 Å². The molecule has 1 saturated carbocycles. The highest BCUT2D eigenvalue weighted by Crippen LogP contribution is 2.50. The highest BCUT2D eigenvalue weighted by molar-refractivity contribution is 5.91. The van der Waals surface area contributed by atoms with E-state index in [1.807, 2.05) is 18.2 Å². The van der Waals surface area contributed by atoms with Crippen molar-refractivity contribution in [2.24, 2.45) is 17.8 Å². The third kappa shape index (κ3) is 3.70. The SMILES string of the molecule is CCCCC1C(c2ccc(F)cc2)C(=O)C2CN(Cc3ccccc3)CC21. The summed E-state index contributed by atoms with van der Waals surface area (Å²) in [5.41, 5.74) is 2.32. The molecule has 3 heteroatoms. The monoisotopic (exact) mass is 365 g/mol. The molecule has 4 atom stereocenters. The van der Waals surface area contributed by atoms with Gasteiger partial charge < -0.3 is 0 Å². The molecule has 2 aromatic carbocycles. The van der Waals surface area contributed by atoms with E-state index in [4.69, 9.17) is 0 Å². The minimum atomic E-state index is -0.233. The second-order valence-electron chi connectivity index (χ2n) is 8.19. The van der Waals surface area contributed by atoms with E-state index in [2.05, 4.69) is 36.1 Å². The summed E-state index contributed by atoms with van der Waals surface area (Å²) in [5.74, 6) is 1.04. The minimum Gasteiger partial charge on any atom is -0.299 e. The van der Waals surface area contributed by atoms with Crippen LogP contribution in [0.2, 0.25) is 0 Å². The Labute approximate surface area is 161 Å². The molecule has 2 aromatic rings. The van der Waals surface area contributed by atoms with Crippen molar-refractivity contribution < 1.29 is 9.18 Å². The highest BCUT2D eigenvalue weighted by Gasteiger charge is 2.53. The van der Waals surface area contributed by atoms with Gasteiger partial charge in [-0.25, -0.2) is 4.39 Å². The van der Waals surface area contributed by atoms with Crippen molar-refractivity contribution >= 4 is 5.78 Å². The molecule has 0 N–H and O–H groups in total. The number of Topliss-reactive ketones (excluding diaryl/α,β-unsaturated/α-hetero) is 1. The first-order chi connectivity index (χ1) is 13.2. The molecule has 1 heterocycles. The van der Waals surface area contributed by atoms with E-state index < -0.39 is 0 Å². The summed E-state index contributed by atoms with van der Waals surface area (Å²) in [4.78, 5) is 15.8. The van der Waals surface area contributed by atoms with Crippen LogP contribution in [0.25, 0.3) is 0 Å². The largest absolute Gasteiger partial charge is 0.299 e. The summed E-state index contributed by atoms with van der Waals surface area (Å²) in [7, 11) is 0. The molecule has 0 bridgehead atoms. The van der Waals surface area contributed by atoms with Gasteiger partial charge in [0.1, 0.15) is 11.6 Å². The van der Waals surface area contributed by atoms with Crippen LogP contribution in [-0.2, 0) is 11.3 Å². The Kier molecular flexibility index (Phi) is 5.40. The number of benzene rings is 2. The summed E-state index contributed by atoms with van der Waals surface area (Å²) in [6.45, 7) is 4.98. The highest BCUT2D eigenvalue weighted by atomic mass is 19.1. The van der Waals surface area contributed by atoms with E-state index in [-0.39, 0.29) is 17.7 Å². The zero-order valence-electron chi connectivity index (χ0n) is 16.0. The van der Waals surface area contributed by atoms with Crippen LogP contribution in [0.15, 0.2) is 54.6 Å². The Balaban J connectivity index is 1.54. The van der Waals surface area contributed by atoms with Gasteiger partial charge in [-0.05, 0) is 41.5 Å². The lowest BCUT2D eigenvalue weighted by Crippen LogP contribution is -2.27. The second kappa shape index (κ2) is 7.93. The fourth-order valence-corrected chi connectivity index (χ4v) is 5.21. The van der Waals surface area contributed by atoms with Gasteiger partial charge in [0, 0.05) is 31.5 Å². The number of unbranched alkanes of at least 4 members (excludes halogenated alkanes) is 1. The van der Waals surface area contributed by atoms with Gasteiger partial charge >= 0.3 is 0 Å². The van der Waals surface area contributed by atoms with Crippen molar-refractivity contribution in [1.29, 1.82) is 0 Å². The maximum atomic E-state index is 13.4. The van der Waals surface area contributed by atoms with Crippen LogP contribution >= 0.6 is 0 Å². The van der Waals surface area contributed by atoms with Gasteiger partial charge in [0.05, 0.1) is 0 Å². The predicted octanol–water partition coefficient (Wildman–Crippen LogP) is 5.05. The van der Waals surface area contributed by atoms with Gasteiger partial charge in [0.15, 0.2) is 0 Å². The Morgan fingerprint density at radius 3 is 2.48 bits per heavy atom. The molecule has 0 aromatic heterocycles. The van der Waals surface area contributed by atoms with Crippen LogP contribution in [0.5, 0.6) is 0 Å². The number of hydrogen-bond donors (Lipinski definition) is 0. The second-order valence-corrected chi connectivity index (χ2v) is 8.19. The fourth-order valence-electron chi connectivity index (χ4n) is 5.21. The molecule has 2 aliphatic rings. The van der Waals surface area contributed by atoms with Gasteiger partial charge in [-0.2, -0.15) is 0 Å². The summed E-state index contributed by atoms with van der Waals surface area (Å²) in [6, 6.07) is 17.1. The third-order valence-electron chi connectivity index (χ3n) is 6.46. The first-order valence-corrected chi connectivity index (χ1v) is 10.2. The number of carbonyl (C=O) groups is 1. The zero-order chi connectivity index (χ0) is 18.8. The maximum absolute atomic E-state index is 13.4. The quantitative estimate of drug-likeness (QED) is 0.714. The maximum Gasteiger partial charge on any atom is 0.145 e. The molecule has 0 spiro atoms. The van der Waals surface area contributed by atoms with Crippen molar-refractivity contribution in [3.63, 3.8) is 0 Å². The van der Waals surface area contributed by atoms with E-state index in [9.17, 15) is 9.18 Å². The van der Waals surface area contributed by atoms with Crippen LogP contribution in [0.1, 0.15) is 43.2 Å². The lowest BCUT2D eigenvalue weighted by atomic mass is 9.81. The molecule has 2 fully saturated rings. The molecular formula is C24H28FNO. The first-order valence-electron chi connectivity index (χ1n) is 10.2. The molecule has 1 aliphatic carbocycles. The van der Waals surface area contributed by atoms with Crippen molar-refractivity contribution in [1.82, 2.24) is 4.90 Å². The number of halogens is 1. The van der Waals surface area contributed by atoms with E-state index >= 15 is 0 Å². The number of likely N-dealkylation sites (tertiary alicyclic amines) is 1. The predicted molar refractivity (Wildman–Crippen MR) is 106 cm³/mol. The van der Waals surface area contributed by atoms with Gasteiger partial charge in [-0.3, -0.25) is 9.69 Å². The molecular weight excluding hydrogens is 337 g/mol. The number of fused-ring (bicyclic) bond motifs is 1. The first kappa shape index (κ1) is 18.4. The molecule has 1 aliphatic heterocycles.